The SMILES string of the molecule is Cc1cc2cc(C(=O)C[C@@H]3C4CCN(CC4)C3(C)C)ccc2o1. The van der Waals surface area contributed by atoms with Gasteiger partial charge in [-0.3, -0.25) is 9.69 Å². The number of fused-ring (bicyclic) bond motifs is 4. The third-order valence-electron chi connectivity index (χ3n) is 6.20. The van der Waals surface area contributed by atoms with E-state index < -0.39 is 0 Å². The lowest BCUT2D eigenvalue weighted by molar-refractivity contribution is -0.0643. The first-order valence-corrected chi connectivity index (χ1v) is 8.73. The molecule has 1 aromatic heterocycles. The van der Waals surface area contributed by atoms with E-state index in [1.807, 2.05) is 31.2 Å². The first-order chi connectivity index (χ1) is 10.9. The quantitative estimate of drug-likeness (QED) is 0.786. The number of piperidine rings is 3. The first kappa shape index (κ1) is 14.9. The van der Waals surface area contributed by atoms with Crippen LogP contribution >= 0.6 is 0 Å². The molecule has 1 atom stereocenters. The second-order valence-corrected chi connectivity index (χ2v) is 7.82. The summed E-state index contributed by atoms with van der Waals surface area (Å²) in [6.07, 6.45) is 3.17. The molecule has 122 valence electrons. The molecule has 0 aliphatic carbocycles. The van der Waals surface area contributed by atoms with Crippen molar-refractivity contribution >= 4 is 16.8 Å². The van der Waals surface area contributed by atoms with Crippen LogP contribution in [0.15, 0.2) is 28.7 Å². The Bertz CT molecular complexity index is 750. The molecule has 23 heavy (non-hydrogen) atoms. The summed E-state index contributed by atoms with van der Waals surface area (Å²) >= 11 is 0. The molecule has 4 heterocycles. The van der Waals surface area contributed by atoms with Gasteiger partial charge in [-0.25, -0.2) is 0 Å². The van der Waals surface area contributed by atoms with Gasteiger partial charge in [-0.1, -0.05) is 0 Å². The summed E-state index contributed by atoms with van der Waals surface area (Å²) in [4.78, 5) is 15.5. The Balaban J connectivity index is 1.58. The van der Waals surface area contributed by atoms with Crippen molar-refractivity contribution in [3.8, 4) is 0 Å². The molecule has 0 unspecified atom stereocenters. The molecule has 0 amide bonds. The molecule has 5 rings (SSSR count). The van der Waals surface area contributed by atoms with Gasteiger partial charge in [0.15, 0.2) is 5.78 Å². The molecule has 0 N–H and O–H groups in total. The number of benzene rings is 1. The minimum absolute atomic E-state index is 0.146. The lowest BCUT2D eigenvalue weighted by Crippen LogP contribution is -2.61. The number of nitrogens with zero attached hydrogens (tertiary/aromatic N) is 1. The number of carbonyl (C=O) groups is 1. The average Bonchev–Trinajstić information content (AvgIpc) is 2.90. The van der Waals surface area contributed by atoms with Crippen molar-refractivity contribution in [2.75, 3.05) is 13.1 Å². The van der Waals surface area contributed by atoms with E-state index in [-0.39, 0.29) is 11.3 Å². The standard InChI is InChI=1S/C20H25NO2/c1-13-10-16-11-15(4-5-19(16)23-13)18(22)12-17-14-6-8-21(9-7-14)20(17,2)3/h4-5,10-11,14,17H,6-9,12H2,1-3H3/t17-/m1/s1. The number of aryl methyl sites for hydroxylation is 1. The second kappa shape index (κ2) is 5.20. The number of rotatable bonds is 3. The van der Waals surface area contributed by atoms with Crippen LogP contribution in [0.3, 0.4) is 0 Å². The fourth-order valence-electron chi connectivity index (χ4n) is 4.77. The predicted octanol–water partition coefficient (Wildman–Crippen LogP) is 4.43. The molecule has 2 aromatic rings. The summed E-state index contributed by atoms with van der Waals surface area (Å²) in [5, 5.41) is 1.03. The summed E-state index contributed by atoms with van der Waals surface area (Å²) < 4.78 is 5.61. The third kappa shape index (κ3) is 2.42. The maximum absolute atomic E-state index is 12.9. The van der Waals surface area contributed by atoms with Crippen LogP contribution in [0, 0.1) is 18.8 Å². The summed E-state index contributed by atoms with van der Waals surface area (Å²) in [5.41, 5.74) is 1.83. The molecule has 0 radical (unpaired) electrons. The molecule has 1 aromatic carbocycles. The van der Waals surface area contributed by atoms with Gasteiger partial charge >= 0.3 is 0 Å². The Hall–Kier alpha value is -1.61. The van der Waals surface area contributed by atoms with Gasteiger partial charge in [-0.05, 0) is 82.8 Å². The fourth-order valence-corrected chi connectivity index (χ4v) is 4.77. The van der Waals surface area contributed by atoms with Gasteiger partial charge in [0.2, 0.25) is 0 Å². The minimum Gasteiger partial charge on any atom is -0.461 e. The van der Waals surface area contributed by atoms with Gasteiger partial charge in [0, 0.05) is 22.9 Å². The van der Waals surface area contributed by atoms with Crippen molar-refractivity contribution in [2.24, 2.45) is 11.8 Å². The topological polar surface area (TPSA) is 33.5 Å². The van der Waals surface area contributed by atoms with E-state index >= 15 is 0 Å². The van der Waals surface area contributed by atoms with Crippen molar-refractivity contribution in [3.05, 3.63) is 35.6 Å². The molecule has 2 bridgehead atoms. The van der Waals surface area contributed by atoms with E-state index in [1.54, 1.807) is 0 Å². The summed E-state index contributed by atoms with van der Waals surface area (Å²) in [7, 11) is 0. The van der Waals surface area contributed by atoms with E-state index in [0.717, 1.165) is 22.3 Å². The van der Waals surface area contributed by atoms with Crippen molar-refractivity contribution in [3.63, 3.8) is 0 Å². The zero-order chi connectivity index (χ0) is 16.2. The molecule has 0 spiro atoms. The highest BCUT2D eigenvalue weighted by Gasteiger charge is 2.47. The highest BCUT2D eigenvalue weighted by atomic mass is 16.3. The van der Waals surface area contributed by atoms with Crippen LogP contribution in [-0.2, 0) is 0 Å². The van der Waals surface area contributed by atoms with Gasteiger partial charge in [0.1, 0.15) is 11.3 Å². The monoisotopic (exact) mass is 311 g/mol. The highest BCUT2D eigenvalue weighted by molar-refractivity contribution is 5.99. The molecular weight excluding hydrogens is 286 g/mol. The van der Waals surface area contributed by atoms with Crippen LogP contribution in [0.5, 0.6) is 0 Å². The Morgan fingerprint density at radius 1 is 1.26 bits per heavy atom. The largest absolute Gasteiger partial charge is 0.461 e. The van der Waals surface area contributed by atoms with E-state index in [2.05, 4.69) is 18.7 Å². The molecule has 0 saturated carbocycles. The van der Waals surface area contributed by atoms with Crippen LogP contribution in [-0.4, -0.2) is 29.3 Å². The van der Waals surface area contributed by atoms with Crippen molar-refractivity contribution in [1.29, 1.82) is 0 Å². The predicted molar refractivity (Wildman–Crippen MR) is 91.8 cm³/mol. The van der Waals surface area contributed by atoms with Crippen LogP contribution < -0.4 is 0 Å². The van der Waals surface area contributed by atoms with Gasteiger partial charge in [0.25, 0.3) is 0 Å². The molecular formula is C20H25NO2. The van der Waals surface area contributed by atoms with Gasteiger partial charge in [-0.15, -0.1) is 0 Å². The number of carbonyl (C=O) groups excluding carboxylic acids is 1. The van der Waals surface area contributed by atoms with E-state index in [0.29, 0.717) is 18.3 Å². The number of ketones is 1. The Morgan fingerprint density at radius 2 is 2.00 bits per heavy atom. The van der Waals surface area contributed by atoms with Gasteiger partial charge in [0.05, 0.1) is 0 Å². The zero-order valence-corrected chi connectivity index (χ0v) is 14.3. The van der Waals surface area contributed by atoms with Crippen molar-refractivity contribution in [1.82, 2.24) is 4.90 Å². The minimum atomic E-state index is 0.146. The molecule has 3 heteroatoms. The molecule has 3 fully saturated rings. The maximum Gasteiger partial charge on any atom is 0.163 e. The van der Waals surface area contributed by atoms with E-state index in [1.165, 1.54) is 25.9 Å². The summed E-state index contributed by atoms with van der Waals surface area (Å²) in [6, 6.07) is 7.84. The first-order valence-electron chi connectivity index (χ1n) is 8.73. The molecule has 3 aliphatic rings. The number of hydrogen-bond donors (Lipinski definition) is 0. The normalized spacial score (nSPS) is 29.1. The Labute approximate surface area is 137 Å². The smallest absolute Gasteiger partial charge is 0.163 e. The Kier molecular flexibility index (Phi) is 3.38. The van der Waals surface area contributed by atoms with Crippen LogP contribution in [0.4, 0.5) is 0 Å². The van der Waals surface area contributed by atoms with E-state index in [4.69, 9.17) is 4.42 Å². The summed E-state index contributed by atoms with van der Waals surface area (Å²) in [6.45, 7) is 8.97. The van der Waals surface area contributed by atoms with Gasteiger partial charge in [-0.2, -0.15) is 0 Å². The molecule has 3 saturated heterocycles. The van der Waals surface area contributed by atoms with Crippen molar-refractivity contribution < 1.29 is 9.21 Å². The second-order valence-electron chi connectivity index (χ2n) is 7.82. The lowest BCUT2D eigenvalue weighted by atomic mass is 9.65. The van der Waals surface area contributed by atoms with Crippen molar-refractivity contribution in [2.45, 2.75) is 45.6 Å². The van der Waals surface area contributed by atoms with Crippen LogP contribution in [0.1, 0.15) is 49.2 Å². The lowest BCUT2D eigenvalue weighted by Gasteiger charge is -2.56. The average molecular weight is 311 g/mol. The zero-order valence-electron chi connectivity index (χ0n) is 14.3. The van der Waals surface area contributed by atoms with Gasteiger partial charge < -0.3 is 4.42 Å². The van der Waals surface area contributed by atoms with E-state index in [9.17, 15) is 4.79 Å². The maximum atomic E-state index is 12.9. The Morgan fingerprint density at radius 3 is 2.70 bits per heavy atom. The number of furan rings is 1. The molecule has 3 aliphatic heterocycles. The number of Topliss-reactive ketones (excluding diaryl/α,β-unsaturated/α-hetero) is 1. The highest BCUT2D eigenvalue weighted by Crippen LogP contribution is 2.45. The molecule has 3 nitrogen and oxygen atoms in total. The van der Waals surface area contributed by atoms with Crippen LogP contribution in [0.25, 0.3) is 11.0 Å². The van der Waals surface area contributed by atoms with Crippen LogP contribution in [0.2, 0.25) is 0 Å². The number of hydrogen-bond acceptors (Lipinski definition) is 3. The fraction of sp³-hybridized carbons (Fsp3) is 0.550. The third-order valence-corrected chi connectivity index (χ3v) is 6.20. The summed E-state index contributed by atoms with van der Waals surface area (Å²) in [5.74, 6) is 2.35.